The summed E-state index contributed by atoms with van der Waals surface area (Å²) in [6.07, 6.45) is 1.73. The summed E-state index contributed by atoms with van der Waals surface area (Å²) in [7, 11) is 1.79. The van der Waals surface area contributed by atoms with Crippen LogP contribution in [0.4, 0.5) is 4.79 Å². The van der Waals surface area contributed by atoms with Gasteiger partial charge in [-0.05, 0) is 13.1 Å². The van der Waals surface area contributed by atoms with Gasteiger partial charge < -0.3 is 15.0 Å². The van der Waals surface area contributed by atoms with E-state index in [0.717, 1.165) is 32.5 Å². The van der Waals surface area contributed by atoms with E-state index in [1.807, 2.05) is 0 Å². The number of carbonyl (C=O) groups excluding carboxylic acids is 1. The lowest BCUT2D eigenvalue weighted by molar-refractivity contribution is 0.0316. The SMILES string of the molecule is CN1CC2(CCNCC2)OC1=O.Cl. The van der Waals surface area contributed by atoms with Crippen molar-refractivity contribution in [1.29, 1.82) is 0 Å². The van der Waals surface area contributed by atoms with E-state index in [0.29, 0.717) is 0 Å². The van der Waals surface area contributed by atoms with Gasteiger partial charge in [0.25, 0.3) is 0 Å². The number of piperidine rings is 1. The second-order valence-electron chi connectivity index (χ2n) is 3.66. The minimum atomic E-state index is -0.170. The maximum atomic E-state index is 11.1. The molecule has 5 heteroatoms. The molecule has 0 radical (unpaired) electrons. The number of likely N-dealkylation sites (N-methyl/N-ethyl adjacent to an activating group) is 1. The van der Waals surface area contributed by atoms with Crippen LogP contribution in [0.1, 0.15) is 12.8 Å². The van der Waals surface area contributed by atoms with Gasteiger partial charge in [0.2, 0.25) is 0 Å². The number of carbonyl (C=O) groups is 1. The molecule has 13 heavy (non-hydrogen) atoms. The monoisotopic (exact) mass is 206 g/mol. The van der Waals surface area contributed by atoms with Gasteiger partial charge in [0.15, 0.2) is 0 Å². The van der Waals surface area contributed by atoms with Gasteiger partial charge in [-0.2, -0.15) is 0 Å². The first-order valence-corrected chi connectivity index (χ1v) is 4.37. The molecule has 0 aromatic rings. The molecule has 0 aliphatic carbocycles. The van der Waals surface area contributed by atoms with Gasteiger partial charge in [-0.1, -0.05) is 0 Å². The normalized spacial score (nSPS) is 25.6. The van der Waals surface area contributed by atoms with Gasteiger partial charge in [-0.25, -0.2) is 4.79 Å². The second kappa shape index (κ2) is 3.72. The molecule has 1 spiro atoms. The fourth-order valence-corrected chi connectivity index (χ4v) is 1.93. The lowest BCUT2D eigenvalue weighted by Gasteiger charge is -2.30. The minimum Gasteiger partial charge on any atom is -0.441 e. The molecule has 2 fully saturated rings. The zero-order valence-corrected chi connectivity index (χ0v) is 8.52. The van der Waals surface area contributed by atoms with Crippen LogP contribution in [0.25, 0.3) is 0 Å². The molecular weight excluding hydrogens is 192 g/mol. The fourth-order valence-electron chi connectivity index (χ4n) is 1.93. The molecule has 0 atom stereocenters. The van der Waals surface area contributed by atoms with Crippen molar-refractivity contribution in [3.8, 4) is 0 Å². The fraction of sp³-hybridized carbons (Fsp3) is 0.875. The second-order valence-corrected chi connectivity index (χ2v) is 3.66. The molecule has 0 aromatic heterocycles. The number of halogens is 1. The summed E-state index contributed by atoms with van der Waals surface area (Å²) in [5, 5.41) is 3.26. The number of nitrogens with one attached hydrogen (secondary N) is 1. The number of nitrogens with zero attached hydrogens (tertiary/aromatic N) is 1. The maximum Gasteiger partial charge on any atom is 0.410 e. The molecule has 0 aromatic carbocycles. The summed E-state index contributed by atoms with van der Waals surface area (Å²) in [5.74, 6) is 0. The Kier molecular flexibility index (Phi) is 3.03. The quantitative estimate of drug-likeness (QED) is 0.632. The lowest BCUT2D eigenvalue weighted by atomic mass is 9.93. The van der Waals surface area contributed by atoms with Gasteiger partial charge in [0, 0.05) is 19.9 Å². The number of amides is 1. The highest BCUT2D eigenvalue weighted by molar-refractivity contribution is 5.85. The highest BCUT2D eigenvalue weighted by atomic mass is 35.5. The summed E-state index contributed by atoms with van der Waals surface area (Å²) in [5.41, 5.74) is -0.170. The molecule has 2 saturated heterocycles. The molecule has 0 saturated carbocycles. The zero-order valence-electron chi connectivity index (χ0n) is 7.71. The highest BCUT2D eigenvalue weighted by Gasteiger charge is 2.43. The molecule has 4 nitrogen and oxygen atoms in total. The lowest BCUT2D eigenvalue weighted by Crippen LogP contribution is -2.44. The summed E-state index contributed by atoms with van der Waals surface area (Å²) < 4.78 is 5.35. The first-order chi connectivity index (χ1) is 5.72. The van der Waals surface area contributed by atoms with Crippen LogP contribution < -0.4 is 5.32 Å². The molecule has 1 N–H and O–H groups in total. The van der Waals surface area contributed by atoms with Gasteiger partial charge >= 0.3 is 6.09 Å². The van der Waals surface area contributed by atoms with E-state index in [-0.39, 0.29) is 24.1 Å². The van der Waals surface area contributed by atoms with Crippen molar-refractivity contribution in [3.05, 3.63) is 0 Å². The average molecular weight is 207 g/mol. The number of hydrogen-bond donors (Lipinski definition) is 1. The van der Waals surface area contributed by atoms with E-state index in [1.54, 1.807) is 11.9 Å². The third-order valence-corrected chi connectivity index (χ3v) is 2.66. The van der Waals surface area contributed by atoms with Crippen molar-refractivity contribution in [2.24, 2.45) is 0 Å². The third kappa shape index (κ3) is 1.89. The Morgan fingerprint density at radius 3 is 2.54 bits per heavy atom. The van der Waals surface area contributed by atoms with Crippen LogP contribution >= 0.6 is 12.4 Å². The standard InChI is InChI=1S/C8H14N2O2.ClH/c1-10-6-8(12-7(10)11)2-4-9-5-3-8;/h9H,2-6H2,1H3;1H. The van der Waals surface area contributed by atoms with E-state index in [1.165, 1.54) is 0 Å². The molecule has 2 rings (SSSR count). The summed E-state index contributed by atoms with van der Waals surface area (Å²) >= 11 is 0. The van der Waals surface area contributed by atoms with E-state index >= 15 is 0 Å². The van der Waals surface area contributed by atoms with Crippen LogP contribution in [0.15, 0.2) is 0 Å². The first kappa shape index (κ1) is 10.6. The smallest absolute Gasteiger partial charge is 0.410 e. The molecule has 2 aliphatic heterocycles. The van der Waals surface area contributed by atoms with E-state index < -0.39 is 0 Å². The first-order valence-electron chi connectivity index (χ1n) is 4.37. The third-order valence-electron chi connectivity index (χ3n) is 2.66. The number of rotatable bonds is 0. The van der Waals surface area contributed by atoms with E-state index in [2.05, 4.69) is 5.32 Å². The van der Waals surface area contributed by atoms with Gasteiger partial charge in [-0.15, -0.1) is 12.4 Å². The Morgan fingerprint density at radius 2 is 2.08 bits per heavy atom. The topological polar surface area (TPSA) is 41.6 Å². The summed E-state index contributed by atoms with van der Waals surface area (Å²) in [6, 6.07) is 0. The van der Waals surface area contributed by atoms with Crippen LogP contribution in [0.2, 0.25) is 0 Å². The zero-order chi connectivity index (χ0) is 8.60. The summed E-state index contributed by atoms with van der Waals surface area (Å²) in [6.45, 7) is 2.68. The van der Waals surface area contributed by atoms with Gasteiger partial charge in [0.05, 0.1) is 6.54 Å². The average Bonchev–Trinajstić information content (AvgIpc) is 2.29. The van der Waals surface area contributed by atoms with Gasteiger partial charge in [-0.3, -0.25) is 0 Å². The van der Waals surface area contributed by atoms with Crippen molar-refractivity contribution in [1.82, 2.24) is 10.2 Å². The predicted octanol–water partition coefficient (Wildman–Crippen LogP) is 0.612. The predicted molar refractivity (Wildman–Crippen MR) is 51.2 cm³/mol. The summed E-state index contributed by atoms with van der Waals surface area (Å²) in [4.78, 5) is 12.8. The maximum absolute atomic E-state index is 11.1. The molecule has 2 heterocycles. The molecule has 0 unspecified atom stereocenters. The molecule has 2 aliphatic rings. The molecule has 0 bridgehead atoms. The van der Waals surface area contributed by atoms with Crippen LogP contribution in [0, 0.1) is 0 Å². The van der Waals surface area contributed by atoms with Crippen molar-refractivity contribution in [2.75, 3.05) is 26.7 Å². The Balaban J connectivity index is 0.000000845. The van der Waals surface area contributed by atoms with Crippen LogP contribution in [0.3, 0.4) is 0 Å². The highest BCUT2D eigenvalue weighted by Crippen LogP contribution is 2.29. The molecule has 1 amide bonds. The van der Waals surface area contributed by atoms with Crippen molar-refractivity contribution >= 4 is 18.5 Å². The number of ether oxygens (including phenoxy) is 1. The Morgan fingerprint density at radius 1 is 1.46 bits per heavy atom. The van der Waals surface area contributed by atoms with Crippen molar-refractivity contribution < 1.29 is 9.53 Å². The van der Waals surface area contributed by atoms with Crippen molar-refractivity contribution in [2.45, 2.75) is 18.4 Å². The van der Waals surface area contributed by atoms with Crippen LogP contribution in [0.5, 0.6) is 0 Å². The van der Waals surface area contributed by atoms with Crippen LogP contribution in [-0.2, 0) is 4.74 Å². The largest absolute Gasteiger partial charge is 0.441 e. The van der Waals surface area contributed by atoms with Crippen molar-refractivity contribution in [3.63, 3.8) is 0 Å². The van der Waals surface area contributed by atoms with E-state index in [9.17, 15) is 4.79 Å². The number of hydrogen-bond acceptors (Lipinski definition) is 3. The van der Waals surface area contributed by atoms with Crippen LogP contribution in [-0.4, -0.2) is 43.3 Å². The Hall–Kier alpha value is -0.480. The minimum absolute atomic E-state index is 0. The van der Waals surface area contributed by atoms with Gasteiger partial charge in [0.1, 0.15) is 5.60 Å². The Bertz CT molecular complexity index is 204. The Labute approximate surface area is 84.0 Å². The molecular formula is C8H15ClN2O2. The molecule has 76 valence electrons. The van der Waals surface area contributed by atoms with E-state index in [4.69, 9.17) is 4.74 Å².